The Balaban J connectivity index is 1.95. The number of hydrogen-bond acceptors (Lipinski definition) is 3. The average molecular weight is 303 g/mol. The van der Waals surface area contributed by atoms with Crippen LogP contribution in [-0.4, -0.2) is 36.2 Å². The molecule has 0 aliphatic carbocycles. The molecule has 1 N–H and O–H groups in total. The molecular formula is C11H15BrN2O3. The van der Waals surface area contributed by atoms with E-state index < -0.39 is 0 Å². The van der Waals surface area contributed by atoms with Crippen LogP contribution in [-0.2, 0) is 4.74 Å². The minimum atomic E-state index is -0.158. The topological polar surface area (TPSA) is 54.7 Å². The summed E-state index contributed by atoms with van der Waals surface area (Å²) in [7, 11) is 0. The van der Waals surface area contributed by atoms with Gasteiger partial charge in [0.1, 0.15) is 0 Å². The number of urea groups is 1. The highest BCUT2D eigenvalue weighted by atomic mass is 79.9. The summed E-state index contributed by atoms with van der Waals surface area (Å²) < 4.78 is 11.4. The van der Waals surface area contributed by atoms with Crippen LogP contribution in [0.4, 0.5) is 10.7 Å². The van der Waals surface area contributed by atoms with E-state index in [9.17, 15) is 4.79 Å². The molecule has 2 atom stereocenters. The Morgan fingerprint density at radius 1 is 1.41 bits per heavy atom. The monoisotopic (exact) mass is 302 g/mol. The molecule has 5 nitrogen and oxygen atoms in total. The number of anilines is 1. The zero-order valence-electron chi connectivity index (χ0n) is 9.77. The van der Waals surface area contributed by atoms with Crippen molar-refractivity contribution < 1.29 is 13.9 Å². The summed E-state index contributed by atoms with van der Waals surface area (Å²) in [6.07, 6.45) is 0.126. The number of nitrogens with zero attached hydrogens (tertiary/aromatic N) is 1. The third-order valence-electron chi connectivity index (χ3n) is 2.51. The molecule has 17 heavy (non-hydrogen) atoms. The van der Waals surface area contributed by atoms with Gasteiger partial charge < -0.3 is 14.1 Å². The van der Waals surface area contributed by atoms with Crippen molar-refractivity contribution in [2.45, 2.75) is 26.1 Å². The largest absolute Gasteiger partial charge is 0.434 e. The molecule has 0 aromatic carbocycles. The molecule has 2 amide bonds. The highest BCUT2D eigenvalue weighted by Gasteiger charge is 2.26. The van der Waals surface area contributed by atoms with Crippen LogP contribution in [0.3, 0.4) is 0 Å². The fourth-order valence-electron chi connectivity index (χ4n) is 1.91. The number of ether oxygens (including phenoxy) is 1. The van der Waals surface area contributed by atoms with Gasteiger partial charge in [-0.3, -0.25) is 5.32 Å². The number of furan rings is 1. The Hall–Kier alpha value is -1.01. The van der Waals surface area contributed by atoms with Crippen molar-refractivity contribution in [3.8, 4) is 0 Å². The second-order valence-electron chi connectivity index (χ2n) is 4.20. The number of halogens is 1. The van der Waals surface area contributed by atoms with Crippen LogP contribution in [0.5, 0.6) is 0 Å². The zero-order valence-corrected chi connectivity index (χ0v) is 11.4. The summed E-state index contributed by atoms with van der Waals surface area (Å²) in [4.78, 5) is 13.7. The van der Waals surface area contributed by atoms with Crippen LogP contribution in [0.2, 0.25) is 0 Å². The molecule has 1 aliphatic heterocycles. The second-order valence-corrected chi connectivity index (χ2v) is 4.98. The van der Waals surface area contributed by atoms with Gasteiger partial charge in [-0.1, -0.05) is 0 Å². The number of hydrogen-bond donors (Lipinski definition) is 1. The second kappa shape index (κ2) is 5.10. The molecule has 2 rings (SSSR count). The van der Waals surface area contributed by atoms with E-state index in [1.807, 2.05) is 13.8 Å². The van der Waals surface area contributed by atoms with E-state index >= 15 is 0 Å². The summed E-state index contributed by atoms with van der Waals surface area (Å²) in [5.74, 6) is 0.439. The normalized spacial score (nSPS) is 24.8. The van der Waals surface area contributed by atoms with Crippen molar-refractivity contribution in [2.75, 3.05) is 18.4 Å². The van der Waals surface area contributed by atoms with Crippen molar-refractivity contribution in [3.63, 3.8) is 0 Å². The molecule has 1 aromatic heterocycles. The molecule has 0 bridgehead atoms. The number of rotatable bonds is 1. The first-order valence-electron chi connectivity index (χ1n) is 5.51. The highest BCUT2D eigenvalue weighted by Crippen LogP contribution is 2.19. The van der Waals surface area contributed by atoms with E-state index in [1.165, 1.54) is 0 Å². The van der Waals surface area contributed by atoms with Gasteiger partial charge in [-0.25, -0.2) is 4.79 Å². The van der Waals surface area contributed by atoms with E-state index in [4.69, 9.17) is 9.15 Å². The van der Waals surface area contributed by atoms with Crippen molar-refractivity contribution in [2.24, 2.45) is 0 Å². The first-order valence-corrected chi connectivity index (χ1v) is 6.30. The van der Waals surface area contributed by atoms with Gasteiger partial charge in [0.2, 0.25) is 5.88 Å². The summed E-state index contributed by atoms with van der Waals surface area (Å²) >= 11 is 3.19. The van der Waals surface area contributed by atoms with Gasteiger partial charge in [-0.2, -0.15) is 0 Å². The van der Waals surface area contributed by atoms with Gasteiger partial charge in [0.15, 0.2) is 4.67 Å². The fraction of sp³-hybridized carbons (Fsp3) is 0.545. The van der Waals surface area contributed by atoms with Crippen LogP contribution in [0.15, 0.2) is 21.2 Å². The Labute approximate surface area is 108 Å². The highest BCUT2D eigenvalue weighted by molar-refractivity contribution is 9.10. The smallest absolute Gasteiger partial charge is 0.324 e. The number of morpholine rings is 1. The number of carbonyl (C=O) groups is 1. The van der Waals surface area contributed by atoms with Gasteiger partial charge in [0.25, 0.3) is 0 Å². The van der Waals surface area contributed by atoms with E-state index in [-0.39, 0.29) is 18.2 Å². The van der Waals surface area contributed by atoms with E-state index in [1.54, 1.807) is 17.0 Å². The predicted octanol–water partition coefficient (Wildman–Crippen LogP) is 2.68. The molecule has 0 spiro atoms. The maximum Gasteiger partial charge on any atom is 0.324 e. The minimum absolute atomic E-state index is 0.0628. The third-order valence-corrected chi connectivity index (χ3v) is 2.94. The van der Waals surface area contributed by atoms with Crippen LogP contribution >= 0.6 is 15.9 Å². The van der Waals surface area contributed by atoms with Gasteiger partial charge in [-0.15, -0.1) is 0 Å². The van der Waals surface area contributed by atoms with Crippen molar-refractivity contribution in [3.05, 3.63) is 16.8 Å². The number of carbonyl (C=O) groups excluding carboxylic acids is 1. The molecule has 0 saturated carbocycles. The Bertz CT molecular complexity index is 397. The summed E-state index contributed by atoms with van der Waals surface area (Å²) in [6, 6.07) is 3.28. The molecule has 2 heterocycles. The van der Waals surface area contributed by atoms with Gasteiger partial charge in [0, 0.05) is 19.2 Å². The summed E-state index contributed by atoms with van der Waals surface area (Å²) in [5.41, 5.74) is 0. The Morgan fingerprint density at radius 3 is 2.59 bits per heavy atom. The number of amides is 2. The van der Waals surface area contributed by atoms with Crippen LogP contribution < -0.4 is 5.32 Å². The first kappa shape index (κ1) is 12.4. The van der Waals surface area contributed by atoms with E-state index in [0.717, 1.165) is 0 Å². The molecule has 1 aliphatic rings. The molecule has 1 fully saturated rings. The Morgan fingerprint density at radius 2 is 2.06 bits per heavy atom. The lowest BCUT2D eigenvalue weighted by Crippen LogP contribution is -2.49. The fourth-order valence-corrected chi connectivity index (χ4v) is 2.22. The molecule has 6 heteroatoms. The molecule has 2 unspecified atom stereocenters. The zero-order chi connectivity index (χ0) is 12.4. The lowest BCUT2D eigenvalue weighted by atomic mass is 10.2. The van der Waals surface area contributed by atoms with Gasteiger partial charge in [-0.05, 0) is 35.8 Å². The molecule has 1 saturated heterocycles. The Kier molecular flexibility index (Phi) is 3.73. The molecule has 1 aromatic rings. The molecule has 0 radical (unpaired) electrons. The van der Waals surface area contributed by atoms with Crippen molar-refractivity contribution >= 4 is 27.8 Å². The molecular weight excluding hydrogens is 288 g/mol. The van der Waals surface area contributed by atoms with E-state index in [0.29, 0.717) is 23.6 Å². The van der Waals surface area contributed by atoms with Crippen molar-refractivity contribution in [1.82, 2.24) is 4.90 Å². The summed E-state index contributed by atoms with van der Waals surface area (Å²) in [5, 5.41) is 2.71. The number of nitrogens with one attached hydrogen (secondary N) is 1. The van der Waals surface area contributed by atoms with Crippen LogP contribution in [0.25, 0.3) is 0 Å². The molecule has 94 valence electrons. The first-order chi connectivity index (χ1) is 8.04. The lowest BCUT2D eigenvalue weighted by molar-refractivity contribution is -0.0530. The standard InChI is InChI=1S/C11H15BrN2O3/c1-7-5-14(6-8(2)16-7)11(15)13-10-4-3-9(12)17-10/h3-4,7-8H,5-6H2,1-2H3,(H,13,15). The third kappa shape index (κ3) is 3.23. The predicted molar refractivity (Wildman–Crippen MR) is 67.0 cm³/mol. The lowest BCUT2D eigenvalue weighted by Gasteiger charge is -2.34. The SMILES string of the molecule is CC1CN(C(=O)Nc2ccc(Br)o2)CC(C)O1. The maximum absolute atomic E-state index is 12.0. The van der Waals surface area contributed by atoms with E-state index in [2.05, 4.69) is 21.2 Å². The van der Waals surface area contributed by atoms with Gasteiger partial charge in [0.05, 0.1) is 12.2 Å². The quantitative estimate of drug-likeness (QED) is 0.868. The van der Waals surface area contributed by atoms with Crippen LogP contribution in [0.1, 0.15) is 13.8 Å². The van der Waals surface area contributed by atoms with Crippen molar-refractivity contribution in [1.29, 1.82) is 0 Å². The van der Waals surface area contributed by atoms with Crippen LogP contribution in [0, 0.1) is 0 Å². The summed E-state index contributed by atoms with van der Waals surface area (Å²) in [6.45, 7) is 5.11. The average Bonchev–Trinajstić information content (AvgIpc) is 2.62. The maximum atomic E-state index is 12.0. The van der Waals surface area contributed by atoms with Gasteiger partial charge >= 0.3 is 6.03 Å². The minimum Gasteiger partial charge on any atom is -0.434 e.